The van der Waals surface area contributed by atoms with E-state index in [0.29, 0.717) is 13.2 Å². The molecule has 1 heterocycles. The van der Waals surface area contributed by atoms with Gasteiger partial charge in [0.05, 0.1) is 6.61 Å². The van der Waals surface area contributed by atoms with Gasteiger partial charge in [-0.1, -0.05) is 5.16 Å². The lowest BCUT2D eigenvalue weighted by molar-refractivity contribution is 0.340. The van der Waals surface area contributed by atoms with Crippen molar-refractivity contribution in [1.29, 1.82) is 0 Å². The van der Waals surface area contributed by atoms with Gasteiger partial charge in [-0.05, 0) is 38.1 Å². The lowest BCUT2D eigenvalue weighted by Crippen LogP contribution is -1.98. The fraction of sp³-hybridized carbons (Fsp3) is 0.308. The molecule has 2 N–H and O–H groups in total. The Bertz CT molecular complexity index is 489. The van der Waals surface area contributed by atoms with E-state index in [1.807, 2.05) is 38.1 Å². The van der Waals surface area contributed by atoms with Crippen LogP contribution in [0.3, 0.4) is 0 Å². The summed E-state index contributed by atoms with van der Waals surface area (Å²) in [5.74, 6) is 1.63. The maximum atomic E-state index is 5.69. The van der Waals surface area contributed by atoms with Crippen LogP contribution in [0.1, 0.15) is 18.2 Å². The van der Waals surface area contributed by atoms with Crippen LogP contribution in [-0.4, -0.2) is 11.8 Å². The minimum Gasteiger partial charge on any atom is -0.494 e. The van der Waals surface area contributed by atoms with Gasteiger partial charge in [0, 0.05) is 17.7 Å². The van der Waals surface area contributed by atoms with Crippen LogP contribution in [-0.2, 0) is 6.54 Å². The molecule has 0 fully saturated rings. The van der Waals surface area contributed by atoms with E-state index in [1.165, 1.54) is 0 Å². The Balaban J connectivity index is 2.33. The van der Waals surface area contributed by atoms with Gasteiger partial charge in [-0.15, -0.1) is 0 Å². The Morgan fingerprint density at radius 3 is 2.59 bits per heavy atom. The highest BCUT2D eigenvalue weighted by Gasteiger charge is 2.12. The molecule has 90 valence electrons. The van der Waals surface area contributed by atoms with Crippen LogP contribution in [0, 0.1) is 6.92 Å². The third-order valence-electron chi connectivity index (χ3n) is 2.63. The molecule has 1 aromatic heterocycles. The molecular formula is C13H16N2O2. The van der Waals surface area contributed by atoms with Gasteiger partial charge in [-0.2, -0.15) is 0 Å². The van der Waals surface area contributed by atoms with Crippen LogP contribution < -0.4 is 10.5 Å². The Morgan fingerprint density at radius 1 is 1.29 bits per heavy atom. The van der Waals surface area contributed by atoms with Crippen LogP contribution in [0.5, 0.6) is 5.75 Å². The lowest BCUT2D eigenvalue weighted by atomic mass is 10.1. The maximum absolute atomic E-state index is 5.69. The van der Waals surface area contributed by atoms with Gasteiger partial charge in [0.15, 0.2) is 0 Å². The zero-order valence-electron chi connectivity index (χ0n) is 10.1. The fourth-order valence-corrected chi connectivity index (χ4v) is 1.73. The number of aryl methyl sites for hydroxylation is 1. The molecule has 0 amide bonds. The van der Waals surface area contributed by atoms with Crippen molar-refractivity contribution in [3.05, 3.63) is 35.6 Å². The number of benzene rings is 1. The first-order valence-corrected chi connectivity index (χ1v) is 5.64. The normalized spacial score (nSPS) is 10.5. The highest BCUT2D eigenvalue weighted by Crippen LogP contribution is 2.26. The highest BCUT2D eigenvalue weighted by molar-refractivity contribution is 5.64. The molecular weight excluding hydrogens is 216 g/mol. The molecule has 4 heteroatoms. The van der Waals surface area contributed by atoms with Crippen molar-refractivity contribution in [2.45, 2.75) is 20.4 Å². The van der Waals surface area contributed by atoms with E-state index >= 15 is 0 Å². The number of nitrogens with zero attached hydrogens (tertiary/aromatic N) is 1. The molecule has 0 saturated carbocycles. The molecule has 0 aliphatic carbocycles. The number of ether oxygens (including phenoxy) is 1. The molecule has 0 unspecified atom stereocenters. The summed E-state index contributed by atoms with van der Waals surface area (Å²) >= 11 is 0. The van der Waals surface area contributed by atoms with Gasteiger partial charge in [-0.3, -0.25) is 0 Å². The number of aromatic nitrogens is 1. The average Bonchev–Trinajstić information content (AvgIpc) is 2.72. The van der Waals surface area contributed by atoms with E-state index in [9.17, 15) is 0 Å². The number of rotatable bonds is 4. The summed E-state index contributed by atoms with van der Waals surface area (Å²) in [6, 6.07) is 7.76. The van der Waals surface area contributed by atoms with Crippen molar-refractivity contribution in [2.75, 3.05) is 6.61 Å². The van der Waals surface area contributed by atoms with Crippen LogP contribution in [0.15, 0.2) is 28.8 Å². The minimum atomic E-state index is 0.428. The smallest absolute Gasteiger partial charge is 0.138 e. The van der Waals surface area contributed by atoms with E-state index in [1.54, 1.807) is 0 Å². The Labute approximate surface area is 100 Å². The number of hydrogen-bond donors (Lipinski definition) is 1. The van der Waals surface area contributed by atoms with E-state index < -0.39 is 0 Å². The molecule has 0 saturated heterocycles. The molecule has 4 nitrogen and oxygen atoms in total. The topological polar surface area (TPSA) is 61.3 Å². The standard InChI is InChI=1S/C13H16N2O2/c1-3-16-11-6-4-10(5-7-11)13-12(8-14)9(2)17-15-13/h4-7H,3,8,14H2,1-2H3. The van der Waals surface area contributed by atoms with Crippen molar-refractivity contribution in [3.63, 3.8) is 0 Å². The van der Waals surface area contributed by atoms with Crippen molar-refractivity contribution in [3.8, 4) is 17.0 Å². The molecule has 0 radical (unpaired) electrons. The molecule has 0 bridgehead atoms. The van der Waals surface area contributed by atoms with Gasteiger partial charge in [0.1, 0.15) is 17.2 Å². The van der Waals surface area contributed by atoms with E-state index in [0.717, 1.165) is 28.3 Å². The second-order valence-electron chi connectivity index (χ2n) is 3.73. The van der Waals surface area contributed by atoms with Gasteiger partial charge >= 0.3 is 0 Å². The minimum absolute atomic E-state index is 0.428. The maximum Gasteiger partial charge on any atom is 0.138 e. The van der Waals surface area contributed by atoms with Crippen LogP contribution in [0.4, 0.5) is 0 Å². The predicted octanol–water partition coefficient (Wildman–Crippen LogP) is 2.51. The molecule has 1 aromatic carbocycles. The molecule has 0 aliphatic rings. The summed E-state index contributed by atoms with van der Waals surface area (Å²) in [6.45, 7) is 4.92. The third kappa shape index (κ3) is 2.31. The first kappa shape index (κ1) is 11.7. The monoisotopic (exact) mass is 232 g/mol. The first-order valence-electron chi connectivity index (χ1n) is 5.64. The zero-order valence-corrected chi connectivity index (χ0v) is 10.1. The number of nitrogens with two attached hydrogens (primary N) is 1. The van der Waals surface area contributed by atoms with Gasteiger partial charge in [0.25, 0.3) is 0 Å². The molecule has 2 aromatic rings. The molecule has 0 atom stereocenters. The second-order valence-corrected chi connectivity index (χ2v) is 3.73. The Hall–Kier alpha value is -1.81. The van der Waals surface area contributed by atoms with Gasteiger partial charge in [0.2, 0.25) is 0 Å². The SMILES string of the molecule is CCOc1ccc(-c2noc(C)c2CN)cc1. The van der Waals surface area contributed by atoms with E-state index in [2.05, 4.69) is 5.16 Å². The summed E-state index contributed by atoms with van der Waals surface area (Å²) in [6.07, 6.45) is 0. The Morgan fingerprint density at radius 2 is 2.00 bits per heavy atom. The molecule has 17 heavy (non-hydrogen) atoms. The molecule has 2 rings (SSSR count). The Kier molecular flexibility index (Phi) is 3.44. The summed E-state index contributed by atoms with van der Waals surface area (Å²) in [4.78, 5) is 0. The van der Waals surface area contributed by atoms with Gasteiger partial charge < -0.3 is 15.0 Å². The van der Waals surface area contributed by atoms with Crippen LogP contribution >= 0.6 is 0 Å². The van der Waals surface area contributed by atoms with Crippen molar-refractivity contribution < 1.29 is 9.26 Å². The van der Waals surface area contributed by atoms with Crippen molar-refractivity contribution in [1.82, 2.24) is 5.16 Å². The average molecular weight is 232 g/mol. The zero-order chi connectivity index (χ0) is 12.3. The van der Waals surface area contributed by atoms with Gasteiger partial charge in [-0.25, -0.2) is 0 Å². The van der Waals surface area contributed by atoms with Crippen LogP contribution in [0.25, 0.3) is 11.3 Å². The fourth-order valence-electron chi connectivity index (χ4n) is 1.73. The van der Waals surface area contributed by atoms with Crippen molar-refractivity contribution in [2.24, 2.45) is 5.73 Å². The quantitative estimate of drug-likeness (QED) is 0.879. The molecule has 0 spiro atoms. The number of hydrogen-bond acceptors (Lipinski definition) is 4. The van der Waals surface area contributed by atoms with E-state index in [-0.39, 0.29) is 0 Å². The van der Waals surface area contributed by atoms with Crippen LogP contribution in [0.2, 0.25) is 0 Å². The van der Waals surface area contributed by atoms with E-state index in [4.69, 9.17) is 15.0 Å². The highest BCUT2D eigenvalue weighted by atomic mass is 16.5. The summed E-state index contributed by atoms with van der Waals surface area (Å²) in [5.41, 5.74) is 8.44. The second kappa shape index (κ2) is 5.01. The predicted molar refractivity (Wildman–Crippen MR) is 65.7 cm³/mol. The lowest BCUT2D eigenvalue weighted by Gasteiger charge is -2.04. The summed E-state index contributed by atoms with van der Waals surface area (Å²) in [5, 5.41) is 4.04. The van der Waals surface area contributed by atoms with Crippen molar-refractivity contribution >= 4 is 0 Å². The third-order valence-corrected chi connectivity index (χ3v) is 2.63. The largest absolute Gasteiger partial charge is 0.494 e. The molecule has 0 aliphatic heterocycles. The summed E-state index contributed by atoms with van der Waals surface area (Å²) in [7, 11) is 0. The summed E-state index contributed by atoms with van der Waals surface area (Å²) < 4.78 is 10.5. The first-order chi connectivity index (χ1) is 8.26.